The summed E-state index contributed by atoms with van der Waals surface area (Å²) in [6.45, 7) is 8.62. The first kappa shape index (κ1) is 16.4. The number of nitrogens with one attached hydrogen (secondary N) is 1. The molecule has 4 heteroatoms. The molecule has 0 amide bonds. The largest absolute Gasteiger partial charge is 0.390 e. The molecule has 1 aromatic carbocycles. The van der Waals surface area contributed by atoms with Crippen molar-refractivity contribution in [3.63, 3.8) is 0 Å². The van der Waals surface area contributed by atoms with Crippen molar-refractivity contribution in [3.8, 4) is 0 Å². The third-order valence-electron chi connectivity index (χ3n) is 2.91. The maximum atomic E-state index is 13.7. The summed E-state index contributed by atoms with van der Waals surface area (Å²) in [5, 5.41) is 14.0. The van der Waals surface area contributed by atoms with Crippen LogP contribution in [-0.4, -0.2) is 22.8 Å². The van der Waals surface area contributed by atoms with Crippen LogP contribution in [0.4, 0.5) is 4.39 Å². The number of rotatable bonds is 5. The first-order valence-corrected chi connectivity index (χ1v) is 6.88. The van der Waals surface area contributed by atoms with Crippen molar-refractivity contribution in [2.75, 3.05) is 6.54 Å². The molecule has 19 heavy (non-hydrogen) atoms. The van der Waals surface area contributed by atoms with Gasteiger partial charge in [0, 0.05) is 17.0 Å². The van der Waals surface area contributed by atoms with Crippen molar-refractivity contribution in [1.29, 1.82) is 0 Å². The second kappa shape index (κ2) is 6.21. The summed E-state index contributed by atoms with van der Waals surface area (Å²) in [4.78, 5) is 0. The van der Waals surface area contributed by atoms with Crippen LogP contribution in [0.1, 0.15) is 39.7 Å². The number of aliphatic hydroxyl groups is 1. The Morgan fingerprint density at radius 2 is 1.89 bits per heavy atom. The summed E-state index contributed by atoms with van der Waals surface area (Å²) in [6.07, 6.45) is 0.841. The lowest BCUT2D eigenvalue weighted by atomic mass is 9.92. The minimum absolute atomic E-state index is 0.0155. The molecular formula is C15H23ClFNO. The molecule has 1 rings (SSSR count). The van der Waals surface area contributed by atoms with E-state index < -0.39 is 5.60 Å². The summed E-state index contributed by atoms with van der Waals surface area (Å²) in [5.74, 6) is -0.364. The van der Waals surface area contributed by atoms with Crippen LogP contribution in [0.3, 0.4) is 0 Å². The molecule has 1 atom stereocenters. The molecule has 0 aliphatic rings. The maximum Gasteiger partial charge on any atom is 0.127 e. The van der Waals surface area contributed by atoms with Crippen molar-refractivity contribution in [2.24, 2.45) is 0 Å². The summed E-state index contributed by atoms with van der Waals surface area (Å²) in [6, 6.07) is 4.55. The molecule has 2 nitrogen and oxygen atoms in total. The van der Waals surface area contributed by atoms with E-state index in [0.717, 1.165) is 0 Å². The van der Waals surface area contributed by atoms with Crippen LogP contribution in [0.15, 0.2) is 18.2 Å². The summed E-state index contributed by atoms with van der Waals surface area (Å²) in [7, 11) is 0. The molecule has 0 aliphatic carbocycles. The molecule has 0 aliphatic heterocycles. The van der Waals surface area contributed by atoms with E-state index in [1.54, 1.807) is 19.1 Å². The average molecular weight is 288 g/mol. The van der Waals surface area contributed by atoms with Crippen LogP contribution in [0.2, 0.25) is 5.02 Å². The maximum absolute atomic E-state index is 13.7. The average Bonchev–Trinajstić information content (AvgIpc) is 2.20. The molecule has 108 valence electrons. The minimum atomic E-state index is -0.938. The van der Waals surface area contributed by atoms with Gasteiger partial charge in [-0.15, -0.1) is 0 Å². The Morgan fingerprint density at radius 3 is 2.42 bits per heavy atom. The van der Waals surface area contributed by atoms with E-state index in [1.165, 1.54) is 6.07 Å². The number of halogens is 2. The van der Waals surface area contributed by atoms with E-state index in [-0.39, 0.29) is 17.8 Å². The van der Waals surface area contributed by atoms with Gasteiger partial charge in [-0.05, 0) is 58.4 Å². The molecular weight excluding hydrogens is 265 g/mol. The molecule has 0 aromatic heterocycles. The summed E-state index contributed by atoms with van der Waals surface area (Å²) < 4.78 is 13.7. The first-order valence-electron chi connectivity index (χ1n) is 6.50. The van der Waals surface area contributed by atoms with E-state index in [9.17, 15) is 9.50 Å². The fourth-order valence-electron chi connectivity index (χ4n) is 1.87. The van der Waals surface area contributed by atoms with E-state index >= 15 is 0 Å². The molecule has 0 radical (unpaired) electrons. The van der Waals surface area contributed by atoms with Gasteiger partial charge >= 0.3 is 0 Å². The molecule has 0 heterocycles. The lowest BCUT2D eigenvalue weighted by Gasteiger charge is -2.27. The highest BCUT2D eigenvalue weighted by Gasteiger charge is 2.23. The number of hydrogen-bond acceptors (Lipinski definition) is 2. The van der Waals surface area contributed by atoms with Gasteiger partial charge in [0.25, 0.3) is 0 Å². The van der Waals surface area contributed by atoms with Crippen LogP contribution in [0, 0.1) is 5.82 Å². The number of benzene rings is 1. The van der Waals surface area contributed by atoms with Gasteiger partial charge in [0.1, 0.15) is 5.82 Å². The van der Waals surface area contributed by atoms with Crippen molar-refractivity contribution in [3.05, 3.63) is 34.6 Å². The Kier molecular flexibility index (Phi) is 5.36. The highest BCUT2D eigenvalue weighted by molar-refractivity contribution is 6.30. The van der Waals surface area contributed by atoms with E-state index in [0.29, 0.717) is 23.6 Å². The van der Waals surface area contributed by atoms with Gasteiger partial charge in [0.15, 0.2) is 0 Å². The van der Waals surface area contributed by atoms with Crippen LogP contribution in [0.5, 0.6) is 0 Å². The lowest BCUT2D eigenvalue weighted by Crippen LogP contribution is -2.40. The molecule has 0 saturated heterocycles. The zero-order chi connectivity index (χ0) is 14.7. The third kappa shape index (κ3) is 6.37. The standard InChI is InChI=1S/C15H23ClFNO/c1-14(2,3)18-8-7-15(4,19)10-11-5-6-12(16)9-13(11)17/h5-6,9,18-19H,7-8,10H2,1-4H3. The Hall–Kier alpha value is -0.640. The Labute approximate surface area is 120 Å². The van der Waals surface area contributed by atoms with E-state index in [1.807, 2.05) is 0 Å². The smallest absolute Gasteiger partial charge is 0.127 e. The van der Waals surface area contributed by atoms with Gasteiger partial charge < -0.3 is 10.4 Å². The fourth-order valence-corrected chi connectivity index (χ4v) is 2.03. The number of hydrogen-bond donors (Lipinski definition) is 2. The molecule has 0 bridgehead atoms. The molecule has 0 fully saturated rings. The summed E-state index contributed by atoms with van der Waals surface area (Å²) in [5.41, 5.74) is -0.431. The van der Waals surface area contributed by atoms with Gasteiger partial charge in [0.2, 0.25) is 0 Å². The second-order valence-corrected chi connectivity index (χ2v) is 6.77. The quantitative estimate of drug-likeness (QED) is 0.868. The SMILES string of the molecule is CC(O)(CCNC(C)(C)C)Cc1ccc(Cl)cc1F. The first-order chi connectivity index (χ1) is 8.59. The predicted molar refractivity (Wildman–Crippen MR) is 78.1 cm³/mol. The van der Waals surface area contributed by atoms with Crippen molar-refractivity contribution in [2.45, 2.75) is 51.7 Å². The summed E-state index contributed by atoms with van der Waals surface area (Å²) >= 11 is 5.71. The Bertz CT molecular complexity index is 427. The van der Waals surface area contributed by atoms with E-state index in [2.05, 4.69) is 26.1 Å². The van der Waals surface area contributed by atoms with Crippen molar-refractivity contribution < 1.29 is 9.50 Å². The van der Waals surface area contributed by atoms with E-state index in [4.69, 9.17) is 11.6 Å². The highest BCUT2D eigenvalue weighted by Crippen LogP contribution is 2.21. The zero-order valence-electron chi connectivity index (χ0n) is 12.1. The second-order valence-electron chi connectivity index (χ2n) is 6.34. The molecule has 0 saturated carbocycles. The fraction of sp³-hybridized carbons (Fsp3) is 0.600. The molecule has 1 unspecified atom stereocenters. The normalized spacial score (nSPS) is 15.3. The van der Waals surface area contributed by atoms with Gasteiger partial charge in [-0.3, -0.25) is 0 Å². The predicted octanol–water partition coefficient (Wildman–Crippen LogP) is 3.55. The van der Waals surface area contributed by atoms with Crippen LogP contribution < -0.4 is 5.32 Å². The van der Waals surface area contributed by atoms with Crippen molar-refractivity contribution in [1.82, 2.24) is 5.32 Å². The lowest BCUT2D eigenvalue weighted by molar-refractivity contribution is 0.0491. The van der Waals surface area contributed by atoms with Crippen LogP contribution >= 0.6 is 11.6 Å². The molecule has 2 N–H and O–H groups in total. The van der Waals surface area contributed by atoms with Crippen molar-refractivity contribution >= 4 is 11.6 Å². The zero-order valence-corrected chi connectivity index (χ0v) is 12.8. The van der Waals surface area contributed by atoms with Gasteiger partial charge in [-0.2, -0.15) is 0 Å². The monoisotopic (exact) mass is 287 g/mol. The highest BCUT2D eigenvalue weighted by atomic mass is 35.5. The molecule has 1 aromatic rings. The van der Waals surface area contributed by atoms with Gasteiger partial charge in [-0.1, -0.05) is 17.7 Å². The minimum Gasteiger partial charge on any atom is -0.390 e. The molecule has 0 spiro atoms. The third-order valence-corrected chi connectivity index (χ3v) is 3.14. The Balaban J connectivity index is 2.58. The van der Waals surface area contributed by atoms with Gasteiger partial charge in [0.05, 0.1) is 5.60 Å². The topological polar surface area (TPSA) is 32.3 Å². The van der Waals surface area contributed by atoms with Crippen LogP contribution in [-0.2, 0) is 6.42 Å². The Morgan fingerprint density at radius 1 is 1.26 bits per heavy atom. The van der Waals surface area contributed by atoms with Crippen LogP contribution in [0.25, 0.3) is 0 Å². The van der Waals surface area contributed by atoms with Gasteiger partial charge in [-0.25, -0.2) is 4.39 Å².